The minimum Gasteiger partial charge on any atom is -0.452 e. The van der Waals surface area contributed by atoms with Crippen molar-refractivity contribution in [2.24, 2.45) is 5.92 Å². The number of rotatable bonds is 8. The summed E-state index contributed by atoms with van der Waals surface area (Å²) in [7, 11) is 0. The Bertz CT molecular complexity index is 579. The number of nitro benzene ring substituents is 1. The number of non-ortho nitro benzene ring substituents is 1. The zero-order valence-electron chi connectivity index (χ0n) is 13.2. The molecule has 0 spiro atoms. The first-order chi connectivity index (χ1) is 10.9. The van der Waals surface area contributed by atoms with Gasteiger partial charge in [-0.2, -0.15) is 0 Å². The molecule has 1 rings (SSSR count). The zero-order chi connectivity index (χ0) is 17.2. The number of nitrogens with one attached hydrogen (secondary N) is 1. The van der Waals surface area contributed by atoms with Gasteiger partial charge in [0.05, 0.1) is 4.92 Å². The Kier molecular flexibility index (Phi) is 7.45. The fourth-order valence-corrected chi connectivity index (χ4v) is 1.61. The topological polar surface area (TPSA) is 98.5 Å². The molecule has 0 radical (unpaired) electrons. The molecule has 0 saturated heterocycles. The first kappa shape index (κ1) is 18.3. The zero-order valence-corrected chi connectivity index (χ0v) is 13.2. The van der Waals surface area contributed by atoms with E-state index in [4.69, 9.17) is 4.74 Å². The first-order valence-electron chi connectivity index (χ1n) is 7.24. The summed E-state index contributed by atoms with van der Waals surface area (Å²) in [6.45, 7) is 4.32. The molecule has 0 saturated carbocycles. The lowest BCUT2D eigenvalue weighted by Crippen LogP contribution is -2.29. The SMILES string of the molecule is CC(C)CCNC(=O)COC(=O)/C=C/c1ccc([N+](=O)[O-])cc1. The number of carbonyl (C=O) groups excluding carboxylic acids is 2. The molecule has 0 heterocycles. The predicted octanol–water partition coefficient (Wildman–Crippen LogP) is 2.31. The molecule has 1 aromatic rings. The van der Waals surface area contributed by atoms with Crippen molar-refractivity contribution in [1.29, 1.82) is 0 Å². The average Bonchev–Trinajstić information content (AvgIpc) is 2.51. The van der Waals surface area contributed by atoms with Crippen LogP contribution in [0.1, 0.15) is 25.8 Å². The summed E-state index contributed by atoms with van der Waals surface area (Å²) in [4.78, 5) is 32.9. The van der Waals surface area contributed by atoms with Crippen LogP contribution in [0.3, 0.4) is 0 Å². The second kappa shape index (κ2) is 9.34. The largest absolute Gasteiger partial charge is 0.452 e. The van der Waals surface area contributed by atoms with Gasteiger partial charge in [0.1, 0.15) is 0 Å². The van der Waals surface area contributed by atoms with Crippen molar-refractivity contribution < 1.29 is 19.2 Å². The normalized spacial score (nSPS) is 10.7. The Morgan fingerprint density at radius 3 is 2.52 bits per heavy atom. The highest BCUT2D eigenvalue weighted by Crippen LogP contribution is 2.12. The molecular weight excluding hydrogens is 300 g/mol. The summed E-state index contributed by atoms with van der Waals surface area (Å²) in [6.07, 6.45) is 3.49. The molecule has 0 aliphatic heterocycles. The number of carbonyl (C=O) groups is 2. The number of hydrogen-bond acceptors (Lipinski definition) is 5. The summed E-state index contributed by atoms with van der Waals surface area (Å²) in [5.74, 6) is -0.507. The number of nitro groups is 1. The molecular formula is C16H20N2O5. The fraction of sp³-hybridized carbons (Fsp3) is 0.375. The van der Waals surface area contributed by atoms with Crippen LogP contribution in [0.25, 0.3) is 6.08 Å². The molecule has 124 valence electrons. The molecule has 0 unspecified atom stereocenters. The van der Waals surface area contributed by atoms with Crippen LogP contribution < -0.4 is 5.32 Å². The number of esters is 1. The highest BCUT2D eigenvalue weighted by molar-refractivity contribution is 5.89. The van der Waals surface area contributed by atoms with Gasteiger partial charge in [-0.3, -0.25) is 14.9 Å². The third kappa shape index (κ3) is 7.75. The third-order valence-electron chi connectivity index (χ3n) is 2.91. The van der Waals surface area contributed by atoms with Gasteiger partial charge in [-0.1, -0.05) is 13.8 Å². The minimum absolute atomic E-state index is 0.0252. The van der Waals surface area contributed by atoms with E-state index in [2.05, 4.69) is 19.2 Å². The van der Waals surface area contributed by atoms with Crippen molar-refractivity contribution in [2.75, 3.05) is 13.2 Å². The Hall–Kier alpha value is -2.70. The van der Waals surface area contributed by atoms with E-state index in [0.717, 1.165) is 6.42 Å². The minimum atomic E-state index is -0.651. The lowest BCUT2D eigenvalue weighted by molar-refractivity contribution is -0.384. The van der Waals surface area contributed by atoms with Gasteiger partial charge in [0.15, 0.2) is 6.61 Å². The molecule has 7 nitrogen and oxygen atoms in total. The smallest absolute Gasteiger partial charge is 0.331 e. The van der Waals surface area contributed by atoms with Gasteiger partial charge >= 0.3 is 5.97 Å². The molecule has 0 fully saturated rings. The van der Waals surface area contributed by atoms with Crippen LogP contribution in [-0.2, 0) is 14.3 Å². The first-order valence-corrected chi connectivity index (χ1v) is 7.24. The van der Waals surface area contributed by atoms with E-state index in [1.54, 1.807) is 0 Å². The molecule has 1 N–H and O–H groups in total. The highest BCUT2D eigenvalue weighted by atomic mass is 16.6. The van der Waals surface area contributed by atoms with E-state index in [1.165, 1.54) is 36.4 Å². The molecule has 1 amide bonds. The number of ether oxygens (including phenoxy) is 1. The number of hydrogen-bond donors (Lipinski definition) is 1. The Morgan fingerprint density at radius 1 is 1.30 bits per heavy atom. The molecule has 0 aliphatic carbocycles. The molecule has 23 heavy (non-hydrogen) atoms. The molecule has 0 bridgehead atoms. The predicted molar refractivity (Wildman–Crippen MR) is 85.6 cm³/mol. The van der Waals surface area contributed by atoms with Gasteiger partial charge in [0, 0.05) is 24.8 Å². The molecule has 0 atom stereocenters. The van der Waals surface area contributed by atoms with Crippen LogP contribution in [0.5, 0.6) is 0 Å². The van der Waals surface area contributed by atoms with E-state index in [0.29, 0.717) is 18.0 Å². The molecule has 7 heteroatoms. The van der Waals surface area contributed by atoms with Crippen LogP contribution >= 0.6 is 0 Å². The number of amides is 1. The number of nitrogens with zero attached hydrogens (tertiary/aromatic N) is 1. The van der Waals surface area contributed by atoms with E-state index in [9.17, 15) is 19.7 Å². The maximum Gasteiger partial charge on any atom is 0.331 e. The summed E-state index contributed by atoms with van der Waals surface area (Å²) in [5.41, 5.74) is 0.594. The fourth-order valence-electron chi connectivity index (χ4n) is 1.61. The lowest BCUT2D eigenvalue weighted by Gasteiger charge is -2.06. The Morgan fingerprint density at radius 2 is 1.96 bits per heavy atom. The van der Waals surface area contributed by atoms with E-state index in [-0.39, 0.29) is 18.2 Å². The summed E-state index contributed by atoms with van der Waals surface area (Å²) >= 11 is 0. The van der Waals surface area contributed by atoms with Crippen LogP contribution in [0.2, 0.25) is 0 Å². The highest BCUT2D eigenvalue weighted by Gasteiger charge is 2.06. The van der Waals surface area contributed by atoms with Crippen LogP contribution in [-0.4, -0.2) is 30.0 Å². The van der Waals surface area contributed by atoms with Crippen LogP contribution in [0.15, 0.2) is 30.3 Å². The lowest BCUT2D eigenvalue weighted by atomic mass is 10.1. The van der Waals surface area contributed by atoms with Crippen molar-refractivity contribution in [1.82, 2.24) is 5.32 Å². The van der Waals surface area contributed by atoms with E-state index in [1.807, 2.05) is 0 Å². The molecule has 0 aromatic heterocycles. The second-order valence-electron chi connectivity index (χ2n) is 5.32. The molecule has 1 aromatic carbocycles. The second-order valence-corrected chi connectivity index (χ2v) is 5.32. The maximum atomic E-state index is 11.5. The van der Waals surface area contributed by atoms with E-state index < -0.39 is 10.9 Å². The molecule has 0 aliphatic rings. The van der Waals surface area contributed by atoms with Crippen molar-refractivity contribution >= 4 is 23.6 Å². The number of benzene rings is 1. The van der Waals surface area contributed by atoms with E-state index >= 15 is 0 Å². The van der Waals surface area contributed by atoms with Crippen molar-refractivity contribution in [3.8, 4) is 0 Å². The maximum absolute atomic E-state index is 11.5. The van der Waals surface area contributed by atoms with Gasteiger partial charge in [-0.05, 0) is 36.1 Å². The quantitative estimate of drug-likeness (QED) is 0.343. The van der Waals surface area contributed by atoms with Gasteiger partial charge in [0.2, 0.25) is 0 Å². The summed E-state index contributed by atoms with van der Waals surface area (Å²) < 4.78 is 4.80. The van der Waals surface area contributed by atoms with Gasteiger partial charge in [-0.15, -0.1) is 0 Å². The van der Waals surface area contributed by atoms with Gasteiger partial charge in [0.25, 0.3) is 11.6 Å². The monoisotopic (exact) mass is 320 g/mol. The Labute approximate surface area is 134 Å². The van der Waals surface area contributed by atoms with Crippen LogP contribution in [0.4, 0.5) is 5.69 Å². The summed E-state index contributed by atoms with van der Waals surface area (Å²) in [5, 5.41) is 13.2. The Balaban J connectivity index is 2.35. The standard InChI is InChI=1S/C16H20N2O5/c1-12(2)9-10-17-15(19)11-23-16(20)8-5-13-3-6-14(7-4-13)18(21)22/h3-8,12H,9-11H2,1-2H3,(H,17,19)/b8-5+. The third-order valence-corrected chi connectivity index (χ3v) is 2.91. The van der Waals surface area contributed by atoms with Gasteiger partial charge in [-0.25, -0.2) is 4.79 Å². The summed E-state index contributed by atoms with van der Waals surface area (Å²) in [6, 6.07) is 5.71. The van der Waals surface area contributed by atoms with Crippen molar-refractivity contribution in [3.63, 3.8) is 0 Å². The van der Waals surface area contributed by atoms with Crippen molar-refractivity contribution in [3.05, 3.63) is 46.0 Å². The van der Waals surface area contributed by atoms with Crippen LogP contribution in [0, 0.1) is 16.0 Å². The van der Waals surface area contributed by atoms with Crippen molar-refractivity contribution in [2.45, 2.75) is 20.3 Å². The average molecular weight is 320 g/mol. The van der Waals surface area contributed by atoms with Gasteiger partial charge < -0.3 is 10.1 Å².